The lowest BCUT2D eigenvalue weighted by molar-refractivity contribution is -0.165. The standard InChI is InChI=1S/C53H58N8O8/c1-51(2,3)32-66-39-19-9-14-33(24-39)45-27-37(56-60(45)43-22-11-16-35-29-54-58(7)47(35)43)31-68-53(6,50(64)65)28-42-41-21-13-23-44(48(41)59(8)57-42)61-46(26-36(55-61)30-67-52(4,5)49(62)63)34-15-10-20-40(25-34)69-38-17-12-18-38/h9-11,13-16,19-27,29,38H,12,17-18,28,30-32H2,1-8H3,(H,62,63)(H,64,65). The van der Waals surface area contributed by atoms with Crippen molar-refractivity contribution >= 4 is 33.7 Å². The molecule has 0 spiro atoms. The van der Waals surface area contributed by atoms with Gasteiger partial charge in [-0.3, -0.25) is 9.36 Å². The monoisotopic (exact) mass is 934 g/mol. The lowest BCUT2D eigenvalue weighted by atomic mass is 9.96. The number of aromatic nitrogens is 8. The van der Waals surface area contributed by atoms with E-state index in [0.29, 0.717) is 40.3 Å². The molecule has 69 heavy (non-hydrogen) atoms. The Morgan fingerprint density at radius 3 is 1.88 bits per heavy atom. The fraction of sp³-hybridized carbons (Fsp3) is 0.358. The van der Waals surface area contributed by atoms with E-state index in [1.807, 2.05) is 127 Å². The van der Waals surface area contributed by atoms with Crippen LogP contribution in [0.5, 0.6) is 11.5 Å². The van der Waals surface area contributed by atoms with Gasteiger partial charge in [-0.05, 0) is 94.0 Å². The maximum Gasteiger partial charge on any atom is 0.336 e. The number of aliphatic carboxylic acids is 2. The van der Waals surface area contributed by atoms with Gasteiger partial charge < -0.3 is 29.2 Å². The molecular formula is C53H58N8O8. The lowest BCUT2D eigenvalue weighted by Gasteiger charge is -2.26. The minimum absolute atomic E-state index is 0.0395. The number of ether oxygens (including phenoxy) is 4. The van der Waals surface area contributed by atoms with E-state index in [1.165, 1.54) is 13.8 Å². The Balaban J connectivity index is 1.05. The summed E-state index contributed by atoms with van der Waals surface area (Å²) in [6, 6.07) is 31.1. The average Bonchev–Trinajstić information content (AvgIpc) is 4.10. The number of carboxylic acids is 2. The van der Waals surface area contributed by atoms with Crippen molar-refractivity contribution in [3.8, 4) is 45.4 Å². The van der Waals surface area contributed by atoms with E-state index in [1.54, 1.807) is 16.3 Å². The van der Waals surface area contributed by atoms with Gasteiger partial charge in [-0.2, -0.15) is 20.4 Å². The molecule has 0 aliphatic heterocycles. The molecule has 4 aromatic heterocycles. The SMILES string of the molecule is Cn1ncc2cccc(-n3nc(COC(C)(Cc4nn(C)c5c(-n6nc(COC(C)(C)C(=O)O)cc6-c6cccc(OC7CCC7)c6)cccc45)C(=O)O)cc3-c3cccc(OCC(C)(C)C)c3)c21. The van der Waals surface area contributed by atoms with Crippen LogP contribution in [0.3, 0.4) is 0 Å². The number of nitrogens with zero attached hydrogens (tertiary/aromatic N) is 8. The third kappa shape index (κ3) is 9.72. The van der Waals surface area contributed by atoms with Crippen LogP contribution < -0.4 is 9.47 Å². The van der Waals surface area contributed by atoms with Crippen LogP contribution in [0.1, 0.15) is 77.9 Å². The largest absolute Gasteiger partial charge is 0.493 e. The van der Waals surface area contributed by atoms with Crippen LogP contribution in [0.15, 0.2) is 103 Å². The van der Waals surface area contributed by atoms with Gasteiger partial charge >= 0.3 is 11.9 Å². The number of carboxylic acid groups (broad SMARTS) is 2. The van der Waals surface area contributed by atoms with E-state index in [0.717, 1.165) is 69.9 Å². The fourth-order valence-corrected chi connectivity index (χ4v) is 8.37. The van der Waals surface area contributed by atoms with Crippen LogP contribution in [-0.4, -0.2) is 85.2 Å². The third-order valence-electron chi connectivity index (χ3n) is 12.5. The molecule has 1 fully saturated rings. The molecule has 1 atom stereocenters. The second-order valence-electron chi connectivity index (χ2n) is 19.8. The van der Waals surface area contributed by atoms with Gasteiger partial charge in [-0.15, -0.1) is 0 Å². The van der Waals surface area contributed by atoms with Crippen molar-refractivity contribution in [2.75, 3.05) is 6.61 Å². The predicted octanol–water partition coefficient (Wildman–Crippen LogP) is 9.50. The Morgan fingerprint density at radius 2 is 1.28 bits per heavy atom. The molecule has 8 aromatic rings. The van der Waals surface area contributed by atoms with Gasteiger partial charge in [-0.1, -0.05) is 69.3 Å². The zero-order valence-corrected chi connectivity index (χ0v) is 40.3. The first kappa shape index (κ1) is 46.8. The smallest absolute Gasteiger partial charge is 0.336 e. The highest BCUT2D eigenvalue weighted by atomic mass is 16.5. The number of benzene rings is 4. The first-order chi connectivity index (χ1) is 32.9. The van der Waals surface area contributed by atoms with Crippen LogP contribution in [-0.2, 0) is 52.8 Å². The summed E-state index contributed by atoms with van der Waals surface area (Å²) in [5, 5.41) is 41.7. The molecular weight excluding hydrogens is 877 g/mol. The van der Waals surface area contributed by atoms with Crippen molar-refractivity contribution in [1.29, 1.82) is 0 Å². The molecule has 16 nitrogen and oxygen atoms in total. The summed E-state index contributed by atoms with van der Waals surface area (Å²) >= 11 is 0. The maximum absolute atomic E-state index is 13.3. The van der Waals surface area contributed by atoms with Crippen LogP contribution >= 0.6 is 0 Å². The summed E-state index contributed by atoms with van der Waals surface area (Å²) in [5.74, 6) is -0.786. The van der Waals surface area contributed by atoms with E-state index in [2.05, 4.69) is 25.9 Å². The van der Waals surface area contributed by atoms with Crippen LogP contribution in [0, 0.1) is 5.41 Å². The summed E-state index contributed by atoms with van der Waals surface area (Å²) in [7, 11) is 3.70. The Labute approximate surface area is 400 Å². The second kappa shape index (κ2) is 18.3. The molecule has 2 N–H and O–H groups in total. The third-order valence-corrected chi connectivity index (χ3v) is 12.5. The normalized spacial score (nSPS) is 14.3. The molecule has 9 rings (SSSR count). The molecule has 16 heteroatoms. The van der Waals surface area contributed by atoms with E-state index >= 15 is 0 Å². The van der Waals surface area contributed by atoms with Crippen molar-refractivity contribution in [3.05, 3.63) is 120 Å². The van der Waals surface area contributed by atoms with E-state index < -0.39 is 23.1 Å². The summed E-state index contributed by atoms with van der Waals surface area (Å²) in [4.78, 5) is 25.3. The molecule has 0 radical (unpaired) electrons. The number of para-hydroxylation sites is 2. The molecule has 358 valence electrons. The van der Waals surface area contributed by atoms with Gasteiger partial charge in [0.1, 0.15) is 11.5 Å². The highest BCUT2D eigenvalue weighted by molar-refractivity contribution is 5.91. The number of aryl methyl sites for hydroxylation is 2. The minimum atomic E-state index is -1.73. The zero-order valence-electron chi connectivity index (χ0n) is 40.3. The maximum atomic E-state index is 13.3. The highest BCUT2D eigenvalue weighted by Crippen LogP contribution is 2.36. The Kier molecular flexibility index (Phi) is 12.4. The van der Waals surface area contributed by atoms with E-state index in [-0.39, 0.29) is 31.2 Å². The molecule has 1 saturated carbocycles. The Hall–Kier alpha value is -7.30. The van der Waals surface area contributed by atoms with Gasteiger partial charge in [0.25, 0.3) is 0 Å². The number of rotatable bonds is 18. The minimum Gasteiger partial charge on any atom is -0.493 e. The Morgan fingerprint density at radius 1 is 0.681 bits per heavy atom. The lowest BCUT2D eigenvalue weighted by Crippen LogP contribution is -2.40. The first-order valence-electron chi connectivity index (χ1n) is 23.1. The highest BCUT2D eigenvalue weighted by Gasteiger charge is 2.37. The van der Waals surface area contributed by atoms with Crippen molar-refractivity contribution in [2.45, 2.75) is 97.7 Å². The topological polar surface area (TPSA) is 183 Å². The van der Waals surface area contributed by atoms with Gasteiger partial charge in [-0.25, -0.2) is 19.0 Å². The van der Waals surface area contributed by atoms with Crippen molar-refractivity contribution in [3.63, 3.8) is 0 Å². The molecule has 4 heterocycles. The van der Waals surface area contributed by atoms with Gasteiger partial charge in [0.2, 0.25) is 0 Å². The zero-order chi connectivity index (χ0) is 48.8. The summed E-state index contributed by atoms with van der Waals surface area (Å²) in [5.41, 5.74) is 4.55. The molecule has 0 bridgehead atoms. The predicted molar refractivity (Wildman–Crippen MR) is 261 cm³/mol. The number of hydrogen-bond donors (Lipinski definition) is 2. The van der Waals surface area contributed by atoms with Crippen molar-refractivity contribution in [2.24, 2.45) is 19.5 Å². The number of carbonyl (C=O) groups is 2. The number of hydrogen-bond acceptors (Lipinski definition) is 10. The summed E-state index contributed by atoms with van der Waals surface area (Å²) in [6.45, 7) is 11.3. The first-order valence-corrected chi connectivity index (χ1v) is 23.1. The number of fused-ring (bicyclic) bond motifs is 2. The fourth-order valence-electron chi connectivity index (χ4n) is 8.37. The molecule has 1 aliphatic rings. The summed E-state index contributed by atoms with van der Waals surface area (Å²) in [6.07, 6.45) is 5.08. The van der Waals surface area contributed by atoms with E-state index in [4.69, 9.17) is 34.2 Å². The van der Waals surface area contributed by atoms with Gasteiger partial charge in [0.05, 0.1) is 83.0 Å². The molecule has 4 aromatic carbocycles. The quantitative estimate of drug-likeness (QED) is 0.0833. The molecule has 0 amide bonds. The van der Waals surface area contributed by atoms with Crippen LogP contribution in [0.25, 0.3) is 55.7 Å². The van der Waals surface area contributed by atoms with Crippen molar-refractivity contribution < 1.29 is 38.7 Å². The van der Waals surface area contributed by atoms with Crippen LogP contribution in [0.2, 0.25) is 0 Å². The second-order valence-corrected chi connectivity index (χ2v) is 19.8. The molecule has 0 saturated heterocycles. The van der Waals surface area contributed by atoms with E-state index in [9.17, 15) is 19.8 Å². The summed E-state index contributed by atoms with van der Waals surface area (Å²) < 4.78 is 31.9. The molecule has 1 aliphatic carbocycles. The molecule has 1 unspecified atom stereocenters. The van der Waals surface area contributed by atoms with Gasteiger partial charge in [0, 0.05) is 42.4 Å². The Bertz CT molecular complexity index is 3200. The average molecular weight is 935 g/mol. The van der Waals surface area contributed by atoms with Crippen molar-refractivity contribution in [1.82, 2.24) is 39.1 Å². The van der Waals surface area contributed by atoms with Gasteiger partial charge in [0.15, 0.2) is 11.2 Å². The van der Waals surface area contributed by atoms with Crippen LogP contribution in [0.4, 0.5) is 0 Å².